The summed E-state index contributed by atoms with van der Waals surface area (Å²) in [5, 5.41) is 0. The van der Waals surface area contributed by atoms with Crippen LogP contribution in [0.15, 0.2) is 6.33 Å². The van der Waals surface area contributed by atoms with Crippen molar-refractivity contribution in [3.63, 3.8) is 0 Å². The molecule has 0 bridgehead atoms. The molecule has 0 amide bonds. The molecule has 0 aliphatic heterocycles. The zero-order chi connectivity index (χ0) is 15.6. The van der Waals surface area contributed by atoms with E-state index in [2.05, 4.69) is 24.2 Å². The van der Waals surface area contributed by atoms with Crippen molar-refractivity contribution < 1.29 is 33.0 Å². The van der Waals surface area contributed by atoms with E-state index in [1.807, 2.05) is 0 Å². The lowest BCUT2D eigenvalue weighted by Gasteiger charge is -2.03. The second-order valence-electron chi connectivity index (χ2n) is 3.12. The number of hydrogen-bond donors (Lipinski definition) is 7. The topological polar surface area (TPSA) is 208 Å². The number of rotatable bonds is 2. The predicted octanol–water partition coefficient (Wildman–Crippen LogP) is -0.214. The van der Waals surface area contributed by atoms with Crippen molar-refractivity contribution in [2.45, 2.75) is 0 Å². The van der Waals surface area contributed by atoms with Crippen LogP contribution in [0.3, 0.4) is 0 Å². The Hall–Kier alpha value is -1.17. The van der Waals surface area contributed by atoms with Crippen LogP contribution in [0, 0.1) is 4.64 Å². The first-order valence-electron chi connectivity index (χ1n) is 4.49. The maximum atomic E-state index is 9.63. The molecule has 0 atom stereocenters. The molecule has 12 nitrogen and oxygen atoms in total. The standard InChI is InChI=1S/C5H5N5S.H4O7P2/c6-5-9-3-2(4(11)10-5)7-1-8-3;1-8(2,3)7-9(4,5)6/h1H,(H4,6,7,8,9,10,11);(H2,1,2,3)(H2,4,5,6). The molecular formula is C5H9N5O7P2S. The Morgan fingerprint density at radius 2 is 1.80 bits per heavy atom. The van der Waals surface area contributed by atoms with Gasteiger partial charge >= 0.3 is 15.6 Å². The molecule has 0 unspecified atom stereocenters. The highest BCUT2D eigenvalue weighted by molar-refractivity contribution is 7.71. The Morgan fingerprint density at radius 1 is 1.25 bits per heavy atom. The molecule has 0 aliphatic carbocycles. The highest BCUT2D eigenvalue weighted by Crippen LogP contribution is 2.53. The lowest BCUT2D eigenvalue weighted by atomic mass is 10.6. The SMILES string of the molecule is Nc1nc2nc[nH]c2c(=S)[nH]1.O=P(O)(O)OP(=O)(O)O. The molecule has 8 N–H and O–H groups in total. The quantitative estimate of drug-likeness (QED) is 0.279. The maximum Gasteiger partial charge on any atom is 0.478 e. The van der Waals surface area contributed by atoms with Crippen molar-refractivity contribution in [2.24, 2.45) is 0 Å². The van der Waals surface area contributed by atoms with E-state index in [4.69, 9.17) is 37.5 Å². The fraction of sp³-hybridized carbons (Fsp3) is 0. The van der Waals surface area contributed by atoms with Gasteiger partial charge in [-0.3, -0.25) is 0 Å². The normalized spacial score (nSPS) is 12.0. The number of phosphoric acid groups is 2. The fourth-order valence-corrected chi connectivity index (χ4v) is 2.36. The van der Waals surface area contributed by atoms with Gasteiger partial charge in [-0.15, -0.1) is 0 Å². The molecule has 0 radical (unpaired) electrons. The van der Waals surface area contributed by atoms with E-state index in [0.717, 1.165) is 0 Å². The summed E-state index contributed by atoms with van der Waals surface area (Å²) in [6.07, 6.45) is 1.53. The first-order valence-corrected chi connectivity index (χ1v) is 7.96. The minimum absolute atomic E-state index is 0.287. The van der Waals surface area contributed by atoms with Gasteiger partial charge in [-0.25, -0.2) is 14.1 Å². The van der Waals surface area contributed by atoms with E-state index in [1.54, 1.807) is 0 Å². The lowest BCUT2D eigenvalue weighted by molar-refractivity contribution is 0.225. The average Bonchev–Trinajstić information content (AvgIpc) is 2.59. The first kappa shape index (κ1) is 16.9. The van der Waals surface area contributed by atoms with Gasteiger partial charge in [0.2, 0.25) is 5.95 Å². The zero-order valence-corrected chi connectivity index (χ0v) is 12.0. The van der Waals surface area contributed by atoms with Gasteiger partial charge in [0.25, 0.3) is 0 Å². The number of anilines is 1. The van der Waals surface area contributed by atoms with Crippen LogP contribution in [-0.2, 0) is 13.4 Å². The van der Waals surface area contributed by atoms with E-state index >= 15 is 0 Å². The molecule has 15 heteroatoms. The van der Waals surface area contributed by atoms with Gasteiger partial charge in [-0.2, -0.15) is 9.29 Å². The molecule has 20 heavy (non-hydrogen) atoms. The van der Waals surface area contributed by atoms with Crippen LogP contribution in [0.1, 0.15) is 0 Å². The van der Waals surface area contributed by atoms with Gasteiger partial charge in [0.15, 0.2) is 5.65 Å². The Balaban J connectivity index is 0.000000206. The van der Waals surface area contributed by atoms with Crippen LogP contribution < -0.4 is 5.73 Å². The molecule has 2 aromatic heterocycles. The van der Waals surface area contributed by atoms with Gasteiger partial charge in [0, 0.05) is 0 Å². The van der Waals surface area contributed by atoms with Gasteiger partial charge in [-0.05, 0) is 0 Å². The van der Waals surface area contributed by atoms with E-state index in [0.29, 0.717) is 15.8 Å². The first-order chi connectivity index (χ1) is 8.98. The van der Waals surface area contributed by atoms with Gasteiger partial charge < -0.3 is 35.3 Å². The summed E-state index contributed by atoms with van der Waals surface area (Å²) in [6, 6.07) is 0. The minimum atomic E-state index is -5.05. The molecule has 0 aromatic carbocycles. The van der Waals surface area contributed by atoms with Crippen molar-refractivity contribution in [1.82, 2.24) is 19.9 Å². The molecule has 0 saturated carbocycles. The summed E-state index contributed by atoms with van der Waals surface area (Å²) < 4.78 is 22.7. The predicted molar refractivity (Wildman–Crippen MR) is 68.7 cm³/mol. The summed E-state index contributed by atoms with van der Waals surface area (Å²) in [5.74, 6) is 0.287. The largest absolute Gasteiger partial charge is 0.478 e. The van der Waals surface area contributed by atoms with E-state index in [1.165, 1.54) is 6.33 Å². The number of aromatic nitrogens is 4. The molecule has 2 heterocycles. The summed E-state index contributed by atoms with van der Waals surface area (Å²) in [4.78, 5) is 44.4. The van der Waals surface area contributed by atoms with Crippen LogP contribution >= 0.6 is 27.9 Å². The van der Waals surface area contributed by atoms with E-state index in [9.17, 15) is 9.13 Å². The third-order valence-corrected chi connectivity index (χ3v) is 3.54. The van der Waals surface area contributed by atoms with E-state index in [-0.39, 0.29) is 5.95 Å². The summed E-state index contributed by atoms with van der Waals surface area (Å²) in [7, 11) is -10.1. The lowest BCUT2D eigenvalue weighted by Crippen LogP contribution is -1.94. The van der Waals surface area contributed by atoms with Crippen LogP contribution in [0.25, 0.3) is 11.2 Å². The Kier molecular flexibility index (Phi) is 5.13. The molecule has 112 valence electrons. The Bertz CT molecular complexity index is 725. The van der Waals surface area contributed by atoms with Crippen molar-refractivity contribution in [2.75, 3.05) is 5.73 Å². The third-order valence-electron chi connectivity index (χ3n) is 1.53. The number of fused-ring (bicyclic) bond motifs is 1. The van der Waals surface area contributed by atoms with Crippen molar-refractivity contribution in [3.05, 3.63) is 11.0 Å². The molecule has 0 fully saturated rings. The van der Waals surface area contributed by atoms with Crippen LogP contribution in [0.5, 0.6) is 0 Å². The Labute approximate surface area is 115 Å². The highest BCUT2D eigenvalue weighted by Gasteiger charge is 2.27. The fourth-order valence-electron chi connectivity index (χ4n) is 0.998. The monoisotopic (exact) mass is 345 g/mol. The van der Waals surface area contributed by atoms with Crippen LogP contribution in [0.4, 0.5) is 5.95 Å². The molecule has 0 aliphatic rings. The number of nitrogens with one attached hydrogen (secondary N) is 2. The second kappa shape index (κ2) is 6.08. The molecule has 0 saturated heterocycles. The average molecular weight is 345 g/mol. The number of nitrogens with zero attached hydrogens (tertiary/aromatic N) is 2. The number of imidazole rings is 1. The summed E-state index contributed by atoms with van der Waals surface area (Å²) in [5.41, 5.74) is 6.66. The zero-order valence-electron chi connectivity index (χ0n) is 9.37. The number of nitrogen functional groups attached to an aromatic ring is 1. The van der Waals surface area contributed by atoms with Crippen molar-refractivity contribution in [3.8, 4) is 0 Å². The minimum Gasteiger partial charge on any atom is -0.369 e. The summed E-state index contributed by atoms with van der Waals surface area (Å²) in [6.45, 7) is 0. The van der Waals surface area contributed by atoms with Gasteiger partial charge in [-0.1, -0.05) is 12.2 Å². The smallest absolute Gasteiger partial charge is 0.369 e. The number of hydrogen-bond acceptors (Lipinski definition) is 7. The number of aromatic amines is 2. The molecule has 0 spiro atoms. The molecule has 2 aromatic rings. The van der Waals surface area contributed by atoms with Crippen molar-refractivity contribution >= 4 is 45.0 Å². The number of nitrogens with two attached hydrogens (primary N) is 1. The highest BCUT2D eigenvalue weighted by atomic mass is 32.1. The second-order valence-corrected chi connectivity index (χ2v) is 6.14. The van der Waals surface area contributed by atoms with Crippen LogP contribution in [-0.4, -0.2) is 39.5 Å². The summed E-state index contributed by atoms with van der Waals surface area (Å²) >= 11 is 4.95. The third kappa shape index (κ3) is 5.86. The molecule has 2 rings (SSSR count). The van der Waals surface area contributed by atoms with Crippen LogP contribution in [0.2, 0.25) is 0 Å². The molecular weight excluding hydrogens is 336 g/mol. The van der Waals surface area contributed by atoms with Crippen molar-refractivity contribution in [1.29, 1.82) is 0 Å². The number of H-pyrrole nitrogens is 2. The van der Waals surface area contributed by atoms with E-state index < -0.39 is 15.6 Å². The van der Waals surface area contributed by atoms with Gasteiger partial charge in [0.05, 0.1) is 6.33 Å². The maximum absolute atomic E-state index is 9.63. The van der Waals surface area contributed by atoms with Gasteiger partial charge in [0.1, 0.15) is 10.2 Å². The Morgan fingerprint density at radius 3 is 2.25 bits per heavy atom.